The van der Waals surface area contributed by atoms with Crippen LogP contribution in [0, 0.1) is 5.92 Å². The molecule has 3 heteroatoms. The lowest BCUT2D eigenvalue weighted by atomic mass is 9.84. The molecule has 19 heavy (non-hydrogen) atoms. The van der Waals surface area contributed by atoms with Gasteiger partial charge in [-0.1, -0.05) is 24.6 Å². The molecule has 0 aromatic heterocycles. The first-order valence-electron chi connectivity index (χ1n) is 7.39. The third-order valence-corrected chi connectivity index (χ3v) is 4.70. The van der Waals surface area contributed by atoms with E-state index in [-0.39, 0.29) is 0 Å². The summed E-state index contributed by atoms with van der Waals surface area (Å²) < 4.78 is 5.94. The van der Waals surface area contributed by atoms with Crippen LogP contribution < -0.4 is 10.1 Å². The number of hydrogen-bond acceptors (Lipinski definition) is 3. The van der Waals surface area contributed by atoms with E-state index in [1.54, 1.807) is 0 Å². The van der Waals surface area contributed by atoms with Crippen LogP contribution in [0.4, 0.5) is 0 Å². The molecule has 0 amide bonds. The summed E-state index contributed by atoms with van der Waals surface area (Å²) in [5, 5.41) is 3.48. The highest BCUT2D eigenvalue weighted by Crippen LogP contribution is 2.35. The van der Waals surface area contributed by atoms with Crippen LogP contribution >= 0.6 is 0 Å². The normalized spacial score (nSPS) is 26.7. The SMILES string of the molecule is CNC1c2ccccc2OCC1N(C)CC1CCC1. The fourth-order valence-corrected chi connectivity index (χ4v) is 3.30. The molecule has 0 saturated heterocycles. The van der Waals surface area contributed by atoms with Gasteiger partial charge in [-0.3, -0.25) is 4.90 Å². The van der Waals surface area contributed by atoms with Crippen LogP contribution in [0.1, 0.15) is 30.9 Å². The summed E-state index contributed by atoms with van der Waals surface area (Å²) in [6, 6.07) is 9.20. The smallest absolute Gasteiger partial charge is 0.124 e. The van der Waals surface area contributed by atoms with Crippen molar-refractivity contribution in [2.24, 2.45) is 5.92 Å². The minimum Gasteiger partial charge on any atom is -0.492 e. The summed E-state index contributed by atoms with van der Waals surface area (Å²) in [5.74, 6) is 1.94. The molecular formula is C16H24N2O. The van der Waals surface area contributed by atoms with Gasteiger partial charge in [0.2, 0.25) is 0 Å². The third-order valence-electron chi connectivity index (χ3n) is 4.70. The fraction of sp³-hybridized carbons (Fsp3) is 0.625. The molecule has 1 aromatic carbocycles. The van der Waals surface area contributed by atoms with Gasteiger partial charge in [0.1, 0.15) is 12.4 Å². The predicted molar refractivity (Wildman–Crippen MR) is 77.5 cm³/mol. The zero-order valence-electron chi connectivity index (χ0n) is 11.9. The van der Waals surface area contributed by atoms with Crippen LogP contribution in [0.15, 0.2) is 24.3 Å². The van der Waals surface area contributed by atoms with Crippen molar-refractivity contribution in [3.05, 3.63) is 29.8 Å². The summed E-state index contributed by atoms with van der Waals surface area (Å²) >= 11 is 0. The van der Waals surface area contributed by atoms with Gasteiger partial charge in [0.25, 0.3) is 0 Å². The van der Waals surface area contributed by atoms with Gasteiger partial charge in [-0.2, -0.15) is 0 Å². The van der Waals surface area contributed by atoms with E-state index >= 15 is 0 Å². The maximum atomic E-state index is 5.94. The van der Waals surface area contributed by atoms with Crippen LogP contribution in [0.2, 0.25) is 0 Å². The van der Waals surface area contributed by atoms with Crippen molar-refractivity contribution < 1.29 is 4.74 Å². The molecule has 1 aliphatic carbocycles. The van der Waals surface area contributed by atoms with Gasteiger partial charge < -0.3 is 10.1 Å². The minimum absolute atomic E-state index is 0.370. The summed E-state index contributed by atoms with van der Waals surface area (Å²) in [5.41, 5.74) is 1.29. The van der Waals surface area contributed by atoms with Gasteiger partial charge in [0, 0.05) is 12.1 Å². The number of ether oxygens (including phenoxy) is 1. The number of rotatable bonds is 4. The van der Waals surface area contributed by atoms with Crippen molar-refractivity contribution in [3.8, 4) is 5.75 Å². The average Bonchev–Trinajstić information content (AvgIpc) is 2.41. The van der Waals surface area contributed by atoms with Crippen LogP contribution in [-0.4, -0.2) is 38.2 Å². The standard InChI is InChI=1S/C16H24N2O/c1-17-16-13-8-3-4-9-15(13)19-11-14(16)18(2)10-12-6-5-7-12/h3-4,8-9,12,14,16-17H,5-7,10-11H2,1-2H3. The Hall–Kier alpha value is -1.06. The summed E-state index contributed by atoms with van der Waals surface area (Å²) in [4.78, 5) is 2.49. The second-order valence-electron chi connectivity index (χ2n) is 5.92. The number of likely N-dealkylation sites (N-methyl/N-ethyl adjacent to an activating group) is 2. The number of fused-ring (bicyclic) bond motifs is 1. The summed E-state index contributed by atoms with van der Waals surface area (Å²) in [7, 11) is 4.29. The lowest BCUT2D eigenvalue weighted by molar-refractivity contribution is 0.0822. The number of nitrogens with one attached hydrogen (secondary N) is 1. The second kappa shape index (κ2) is 5.51. The van der Waals surface area contributed by atoms with Crippen molar-refractivity contribution in [1.29, 1.82) is 0 Å². The number of hydrogen-bond donors (Lipinski definition) is 1. The van der Waals surface area contributed by atoms with Gasteiger partial charge in [0.05, 0.1) is 12.1 Å². The molecule has 2 unspecified atom stereocenters. The Morgan fingerprint density at radius 3 is 2.79 bits per heavy atom. The quantitative estimate of drug-likeness (QED) is 0.900. The minimum atomic E-state index is 0.370. The van der Waals surface area contributed by atoms with Crippen LogP contribution in [0.3, 0.4) is 0 Å². The Kier molecular flexibility index (Phi) is 3.76. The molecule has 3 nitrogen and oxygen atoms in total. The molecule has 104 valence electrons. The van der Waals surface area contributed by atoms with E-state index in [0.29, 0.717) is 12.1 Å². The van der Waals surface area contributed by atoms with Crippen molar-refractivity contribution in [2.75, 3.05) is 27.2 Å². The second-order valence-corrected chi connectivity index (χ2v) is 5.92. The summed E-state index contributed by atoms with van der Waals surface area (Å²) in [6.45, 7) is 1.99. The number of nitrogens with zero attached hydrogens (tertiary/aromatic N) is 1. The molecule has 1 fully saturated rings. The summed E-state index contributed by atoms with van der Waals surface area (Å²) in [6.07, 6.45) is 4.22. The third kappa shape index (κ3) is 2.49. The van der Waals surface area contributed by atoms with Gasteiger partial charge in [-0.15, -0.1) is 0 Å². The number of benzene rings is 1. The van der Waals surface area contributed by atoms with E-state index in [9.17, 15) is 0 Å². The van der Waals surface area contributed by atoms with Crippen molar-refractivity contribution in [3.63, 3.8) is 0 Å². The highest BCUT2D eigenvalue weighted by atomic mass is 16.5. The Balaban J connectivity index is 1.75. The Morgan fingerprint density at radius 2 is 2.11 bits per heavy atom. The van der Waals surface area contributed by atoms with E-state index < -0.39 is 0 Å². The zero-order chi connectivity index (χ0) is 13.2. The maximum absolute atomic E-state index is 5.94. The molecule has 0 bridgehead atoms. The van der Waals surface area contributed by atoms with E-state index in [0.717, 1.165) is 18.3 Å². The van der Waals surface area contributed by atoms with Gasteiger partial charge in [-0.25, -0.2) is 0 Å². The Bertz CT molecular complexity index is 431. The first-order chi connectivity index (χ1) is 9.29. The monoisotopic (exact) mass is 260 g/mol. The van der Waals surface area contributed by atoms with Gasteiger partial charge in [-0.05, 0) is 38.9 Å². The van der Waals surface area contributed by atoms with Crippen molar-refractivity contribution in [1.82, 2.24) is 10.2 Å². The lowest BCUT2D eigenvalue weighted by Crippen LogP contribution is -2.49. The molecule has 1 aromatic rings. The highest BCUT2D eigenvalue weighted by molar-refractivity contribution is 5.38. The maximum Gasteiger partial charge on any atom is 0.124 e. The topological polar surface area (TPSA) is 24.5 Å². The molecule has 3 rings (SSSR count). The molecule has 1 heterocycles. The predicted octanol–water partition coefficient (Wildman–Crippen LogP) is 2.44. The molecule has 0 spiro atoms. The highest BCUT2D eigenvalue weighted by Gasteiger charge is 2.33. The average molecular weight is 260 g/mol. The van der Waals surface area contributed by atoms with Gasteiger partial charge in [0.15, 0.2) is 0 Å². The van der Waals surface area contributed by atoms with E-state index in [4.69, 9.17) is 4.74 Å². The van der Waals surface area contributed by atoms with Crippen LogP contribution in [-0.2, 0) is 0 Å². The van der Waals surface area contributed by atoms with Crippen molar-refractivity contribution >= 4 is 0 Å². The molecule has 1 N–H and O–H groups in total. The molecule has 0 radical (unpaired) electrons. The first kappa shape index (κ1) is 12.9. The van der Waals surface area contributed by atoms with Crippen LogP contribution in [0.25, 0.3) is 0 Å². The molecule has 2 aliphatic rings. The van der Waals surface area contributed by atoms with E-state index in [1.165, 1.54) is 31.4 Å². The molecule has 2 atom stereocenters. The van der Waals surface area contributed by atoms with Crippen LogP contribution in [0.5, 0.6) is 5.75 Å². The Labute approximate surface area is 115 Å². The number of para-hydroxylation sites is 1. The van der Waals surface area contributed by atoms with Gasteiger partial charge >= 0.3 is 0 Å². The Morgan fingerprint density at radius 1 is 1.32 bits per heavy atom. The van der Waals surface area contributed by atoms with E-state index in [2.05, 4.69) is 42.5 Å². The molecular weight excluding hydrogens is 236 g/mol. The molecule has 1 saturated carbocycles. The lowest BCUT2D eigenvalue weighted by Gasteiger charge is -2.41. The zero-order valence-corrected chi connectivity index (χ0v) is 11.9. The fourth-order valence-electron chi connectivity index (χ4n) is 3.30. The largest absolute Gasteiger partial charge is 0.492 e. The van der Waals surface area contributed by atoms with Crippen molar-refractivity contribution in [2.45, 2.75) is 31.3 Å². The molecule has 1 aliphatic heterocycles. The first-order valence-corrected chi connectivity index (χ1v) is 7.39. The van der Waals surface area contributed by atoms with E-state index in [1.807, 2.05) is 6.07 Å².